The molecule has 1 aromatic rings. The average Bonchev–Trinajstić information content (AvgIpc) is 2.37. The number of nitrogens with two attached hydrogens (primary N) is 1. The van der Waals surface area contributed by atoms with Gasteiger partial charge < -0.3 is 15.4 Å². The molecule has 1 saturated heterocycles. The zero-order valence-electron chi connectivity index (χ0n) is 12.1. The van der Waals surface area contributed by atoms with E-state index in [-0.39, 0.29) is 11.9 Å². The first-order chi connectivity index (χ1) is 8.87. The van der Waals surface area contributed by atoms with Gasteiger partial charge in [0, 0.05) is 12.6 Å². The highest BCUT2D eigenvalue weighted by Gasteiger charge is 2.42. The summed E-state index contributed by atoms with van der Waals surface area (Å²) in [5.41, 5.74) is 7.48. The van der Waals surface area contributed by atoms with E-state index in [4.69, 9.17) is 10.5 Å². The van der Waals surface area contributed by atoms with Crippen LogP contribution in [0.25, 0.3) is 0 Å². The highest BCUT2D eigenvalue weighted by atomic mass is 16.5. The van der Waals surface area contributed by atoms with E-state index in [1.807, 2.05) is 39.0 Å². The number of benzene rings is 1. The number of hydrogen-bond acceptors (Lipinski definition) is 3. The van der Waals surface area contributed by atoms with Gasteiger partial charge >= 0.3 is 0 Å². The van der Waals surface area contributed by atoms with Crippen LogP contribution in [-0.4, -0.2) is 25.6 Å². The van der Waals surface area contributed by atoms with Crippen molar-refractivity contribution in [2.24, 2.45) is 11.1 Å². The Morgan fingerprint density at radius 2 is 2.11 bits per heavy atom. The van der Waals surface area contributed by atoms with Gasteiger partial charge in [0.05, 0.1) is 18.2 Å². The van der Waals surface area contributed by atoms with Crippen LogP contribution in [0.15, 0.2) is 18.2 Å². The summed E-state index contributed by atoms with van der Waals surface area (Å²) in [5.74, 6) is 0.792. The number of piperidine rings is 1. The van der Waals surface area contributed by atoms with E-state index in [1.165, 1.54) is 0 Å². The molecule has 1 fully saturated rings. The van der Waals surface area contributed by atoms with Crippen LogP contribution < -0.4 is 15.4 Å². The molecule has 1 amide bonds. The van der Waals surface area contributed by atoms with Gasteiger partial charge in [-0.1, -0.05) is 6.07 Å². The zero-order valence-corrected chi connectivity index (χ0v) is 12.1. The lowest BCUT2D eigenvalue weighted by Gasteiger charge is -2.41. The highest BCUT2D eigenvalue weighted by molar-refractivity contribution is 5.99. The topological polar surface area (TPSA) is 55.6 Å². The fourth-order valence-corrected chi connectivity index (χ4v) is 2.48. The molecule has 0 saturated carbocycles. The van der Waals surface area contributed by atoms with Crippen LogP contribution in [0.5, 0.6) is 5.75 Å². The van der Waals surface area contributed by atoms with Gasteiger partial charge in [0.25, 0.3) is 0 Å². The Kier molecular flexibility index (Phi) is 3.54. The van der Waals surface area contributed by atoms with Crippen molar-refractivity contribution in [2.75, 3.05) is 18.6 Å². The first-order valence-electron chi connectivity index (χ1n) is 6.60. The summed E-state index contributed by atoms with van der Waals surface area (Å²) in [6.45, 7) is 6.47. The van der Waals surface area contributed by atoms with Crippen LogP contribution in [0.1, 0.15) is 25.8 Å². The van der Waals surface area contributed by atoms with E-state index in [2.05, 4.69) is 0 Å². The average molecular weight is 262 g/mol. The third-order valence-corrected chi connectivity index (χ3v) is 4.01. The Morgan fingerprint density at radius 3 is 2.74 bits per heavy atom. The lowest BCUT2D eigenvalue weighted by Crippen LogP contribution is -2.56. The second kappa shape index (κ2) is 4.85. The first kappa shape index (κ1) is 13.9. The molecule has 2 rings (SSSR count). The molecule has 1 heterocycles. The molecule has 0 aliphatic carbocycles. The Labute approximate surface area is 114 Å². The van der Waals surface area contributed by atoms with Crippen molar-refractivity contribution < 1.29 is 9.53 Å². The highest BCUT2D eigenvalue weighted by Crippen LogP contribution is 2.37. The molecule has 0 radical (unpaired) electrons. The minimum Gasteiger partial charge on any atom is -0.495 e. The van der Waals surface area contributed by atoms with Gasteiger partial charge in [0.2, 0.25) is 5.91 Å². The lowest BCUT2D eigenvalue weighted by molar-refractivity contribution is -0.129. The second-order valence-electron chi connectivity index (χ2n) is 5.75. The Hall–Kier alpha value is -1.55. The van der Waals surface area contributed by atoms with E-state index in [1.54, 1.807) is 12.0 Å². The molecule has 1 aliphatic heterocycles. The summed E-state index contributed by atoms with van der Waals surface area (Å²) < 4.78 is 5.37. The fraction of sp³-hybridized carbons (Fsp3) is 0.533. The lowest BCUT2D eigenvalue weighted by atomic mass is 9.78. The third-order valence-electron chi connectivity index (χ3n) is 4.01. The molecule has 1 atom stereocenters. The maximum Gasteiger partial charge on any atom is 0.234 e. The first-order valence-corrected chi connectivity index (χ1v) is 6.60. The van der Waals surface area contributed by atoms with Crippen LogP contribution in [0.2, 0.25) is 0 Å². The number of ether oxygens (including phenoxy) is 1. The van der Waals surface area contributed by atoms with Crippen molar-refractivity contribution in [1.29, 1.82) is 0 Å². The SMILES string of the molecule is COc1ccc(C)cc1N1CCC(N)C(C)(C)C1=O. The number of aryl methyl sites for hydroxylation is 1. The van der Waals surface area contributed by atoms with E-state index >= 15 is 0 Å². The number of carbonyl (C=O) groups is 1. The normalized spacial score (nSPS) is 22.5. The molecule has 0 spiro atoms. The van der Waals surface area contributed by atoms with Crippen LogP contribution in [-0.2, 0) is 4.79 Å². The van der Waals surface area contributed by atoms with Crippen molar-refractivity contribution in [3.05, 3.63) is 23.8 Å². The van der Waals surface area contributed by atoms with Crippen molar-refractivity contribution in [2.45, 2.75) is 33.2 Å². The number of nitrogens with zero attached hydrogens (tertiary/aromatic N) is 1. The Bertz CT molecular complexity index is 497. The van der Waals surface area contributed by atoms with E-state index in [0.717, 1.165) is 23.4 Å². The molecular formula is C15H22N2O2. The van der Waals surface area contributed by atoms with Crippen LogP contribution >= 0.6 is 0 Å². The number of amides is 1. The van der Waals surface area contributed by atoms with Gasteiger partial charge in [-0.25, -0.2) is 0 Å². The number of anilines is 1. The van der Waals surface area contributed by atoms with Gasteiger partial charge in [-0.3, -0.25) is 4.79 Å². The number of methoxy groups -OCH3 is 1. The molecule has 4 nitrogen and oxygen atoms in total. The van der Waals surface area contributed by atoms with E-state index < -0.39 is 5.41 Å². The molecule has 19 heavy (non-hydrogen) atoms. The fourth-order valence-electron chi connectivity index (χ4n) is 2.48. The number of rotatable bonds is 2. The summed E-state index contributed by atoms with van der Waals surface area (Å²) in [6, 6.07) is 5.78. The second-order valence-corrected chi connectivity index (χ2v) is 5.75. The predicted molar refractivity (Wildman–Crippen MR) is 76.5 cm³/mol. The van der Waals surface area contributed by atoms with Gasteiger partial charge in [0.1, 0.15) is 5.75 Å². The van der Waals surface area contributed by atoms with Crippen LogP contribution in [0.4, 0.5) is 5.69 Å². The van der Waals surface area contributed by atoms with Gasteiger partial charge in [-0.2, -0.15) is 0 Å². The molecular weight excluding hydrogens is 240 g/mol. The van der Waals surface area contributed by atoms with Gasteiger partial charge in [-0.15, -0.1) is 0 Å². The molecule has 2 N–H and O–H groups in total. The van der Waals surface area contributed by atoms with Gasteiger partial charge in [-0.05, 0) is 44.9 Å². The number of carbonyl (C=O) groups excluding carboxylic acids is 1. The largest absolute Gasteiger partial charge is 0.495 e. The third kappa shape index (κ3) is 2.32. The van der Waals surface area contributed by atoms with Gasteiger partial charge in [0.15, 0.2) is 0 Å². The minimum absolute atomic E-state index is 0.0650. The van der Waals surface area contributed by atoms with Crippen molar-refractivity contribution in [3.63, 3.8) is 0 Å². The molecule has 1 unspecified atom stereocenters. The number of hydrogen-bond donors (Lipinski definition) is 1. The molecule has 0 aromatic heterocycles. The summed E-state index contributed by atoms with van der Waals surface area (Å²) in [4.78, 5) is 14.4. The molecule has 1 aliphatic rings. The molecule has 4 heteroatoms. The summed E-state index contributed by atoms with van der Waals surface area (Å²) in [6.07, 6.45) is 0.801. The standard InChI is InChI=1S/C15H22N2O2/c1-10-5-6-12(19-4)11(9-10)17-8-7-13(16)15(2,3)14(17)18/h5-6,9,13H,7-8,16H2,1-4H3. The maximum atomic E-state index is 12.6. The smallest absolute Gasteiger partial charge is 0.234 e. The summed E-state index contributed by atoms with van der Waals surface area (Å²) >= 11 is 0. The molecule has 1 aromatic carbocycles. The Morgan fingerprint density at radius 1 is 1.42 bits per heavy atom. The predicted octanol–water partition coefficient (Wildman–Crippen LogP) is 2.09. The molecule has 0 bridgehead atoms. The van der Waals surface area contributed by atoms with Crippen molar-refractivity contribution in [3.8, 4) is 5.75 Å². The van der Waals surface area contributed by atoms with Crippen LogP contribution in [0.3, 0.4) is 0 Å². The molecule has 104 valence electrons. The van der Waals surface area contributed by atoms with E-state index in [0.29, 0.717) is 6.54 Å². The Balaban J connectivity index is 2.42. The van der Waals surface area contributed by atoms with Crippen molar-refractivity contribution in [1.82, 2.24) is 0 Å². The van der Waals surface area contributed by atoms with Crippen molar-refractivity contribution >= 4 is 11.6 Å². The quantitative estimate of drug-likeness (QED) is 0.888. The maximum absolute atomic E-state index is 12.6. The van der Waals surface area contributed by atoms with Crippen LogP contribution in [0, 0.1) is 12.3 Å². The summed E-state index contributed by atoms with van der Waals surface area (Å²) in [7, 11) is 1.62. The zero-order chi connectivity index (χ0) is 14.2. The monoisotopic (exact) mass is 262 g/mol. The summed E-state index contributed by atoms with van der Waals surface area (Å²) in [5, 5.41) is 0. The van der Waals surface area contributed by atoms with E-state index in [9.17, 15) is 4.79 Å². The minimum atomic E-state index is -0.535.